The minimum atomic E-state index is -2.79. The van der Waals surface area contributed by atoms with E-state index in [0.717, 1.165) is 11.5 Å². The zero-order valence-corrected chi connectivity index (χ0v) is 34.3. The van der Waals surface area contributed by atoms with Crippen molar-refractivity contribution in [3.63, 3.8) is 0 Å². The predicted molar refractivity (Wildman–Crippen MR) is 188 cm³/mol. The summed E-state index contributed by atoms with van der Waals surface area (Å²) in [6, 6.07) is 13.5. The van der Waals surface area contributed by atoms with Gasteiger partial charge in [0.1, 0.15) is 0 Å². The van der Waals surface area contributed by atoms with Crippen LogP contribution >= 0.6 is 31.9 Å². The Morgan fingerprint density at radius 2 is 0.769 bits per heavy atom. The molecule has 0 saturated carbocycles. The van der Waals surface area contributed by atoms with Crippen LogP contribution in [0.15, 0.2) is 45.3 Å². The molecule has 2 aromatic rings. The molecule has 0 spiro atoms. The molecule has 0 radical (unpaired) electrons. The molecule has 0 amide bonds. The molecule has 0 aliphatic rings. The summed E-state index contributed by atoms with van der Waals surface area (Å²) in [7, 11) is -4.09. The second-order valence-electron chi connectivity index (χ2n) is 13.7. The quantitative estimate of drug-likeness (QED) is 0.201. The molecule has 2 rings (SSSR count). The van der Waals surface area contributed by atoms with Crippen molar-refractivity contribution in [2.45, 2.75) is 128 Å². The van der Waals surface area contributed by atoms with Gasteiger partial charge in [0.15, 0.2) is 0 Å². The molecule has 39 heavy (non-hydrogen) atoms. The van der Waals surface area contributed by atoms with E-state index in [-0.39, 0.29) is 0 Å². The van der Waals surface area contributed by atoms with Crippen LogP contribution in [0.2, 0.25) is 44.8 Å². The second kappa shape index (κ2) is 13.5. The summed E-state index contributed by atoms with van der Waals surface area (Å²) in [6.45, 7) is 28.2. The van der Waals surface area contributed by atoms with Crippen LogP contribution in [0.5, 0.6) is 11.5 Å². The molecule has 0 fully saturated rings. The van der Waals surface area contributed by atoms with Crippen molar-refractivity contribution in [1.29, 1.82) is 0 Å². The van der Waals surface area contributed by atoms with E-state index in [0.29, 0.717) is 33.2 Å². The van der Waals surface area contributed by atoms with Crippen molar-refractivity contribution in [3.8, 4) is 11.5 Å². The minimum absolute atomic E-state index is 0.536. The summed E-state index contributed by atoms with van der Waals surface area (Å²) < 4.78 is 19.4. The molecule has 0 aromatic heterocycles. The van der Waals surface area contributed by atoms with Gasteiger partial charge in [-0.1, -0.05) is 0 Å². The van der Waals surface area contributed by atoms with Gasteiger partial charge < -0.3 is 0 Å². The zero-order chi connectivity index (χ0) is 30.1. The van der Waals surface area contributed by atoms with Gasteiger partial charge in [0.2, 0.25) is 0 Å². The van der Waals surface area contributed by atoms with Crippen LogP contribution in [0.4, 0.5) is 0 Å². The average Bonchev–Trinajstić information content (AvgIpc) is 2.81. The monoisotopic (exact) mass is 758 g/mol. The van der Waals surface area contributed by atoms with Crippen molar-refractivity contribution >= 4 is 70.6 Å². The van der Waals surface area contributed by atoms with Gasteiger partial charge in [-0.15, -0.1) is 0 Å². The molecule has 0 heterocycles. The van der Waals surface area contributed by atoms with Gasteiger partial charge in [0, 0.05) is 0 Å². The Morgan fingerprint density at radius 1 is 0.513 bits per heavy atom. The van der Waals surface area contributed by atoms with Crippen LogP contribution in [-0.4, -0.2) is 29.9 Å². The van der Waals surface area contributed by atoms with E-state index in [1.807, 2.05) is 0 Å². The summed E-state index contributed by atoms with van der Waals surface area (Å²) in [6.07, 6.45) is 0. The number of halogens is 2. The van der Waals surface area contributed by atoms with Crippen LogP contribution in [0.3, 0.4) is 0 Å². The van der Waals surface area contributed by atoms with Crippen molar-refractivity contribution in [2.24, 2.45) is 0 Å². The molecule has 0 aliphatic carbocycles. The molecule has 0 atom stereocenters. The van der Waals surface area contributed by atoms with Crippen molar-refractivity contribution in [3.05, 3.63) is 45.3 Å². The summed E-state index contributed by atoms with van der Waals surface area (Å²) in [4.78, 5) is 0. The zero-order valence-electron chi connectivity index (χ0n) is 27.0. The standard InChI is InChI=1S/C32H54Br2GeO2Si2/c1-21(2)38(22(3)4,23(5)6)36-27-15-17-29(33)31(19-27)35(13,14)32-20-28(16-18-30(32)34)37-39(24(7)8,25(9)10)26(11)12/h15-26H,1-14H3. The predicted octanol–water partition coefficient (Wildman–Crippen LogP) is 11.1. The van der Waals surface area contributed by atoms with E-state index in [1.54, 1.807) is 0 Å². The van der Waals surface area contributed by atoms with Crippen LogP contribution in [0.1, 0.15) is 83.1 Å². The Hall–Kier alpha value is -0.0234. The Morgan fingerprint density at radius 3 is 1.00 bits per heavy atom. The van der Waals surface area contributed by atoms with Crippen molar-refractivity contribution < 1.29 is 8.85 Å². The molecule has 2 nitrogen and oxygen atoms in total. The summed E-state index contributed by atoms with van der Waals surface area (Å²) in [5.74, 6) is 7.04. The normalized spacial score (nSPS) is 13.5. The fourth-order valence-electron chi connectivity index (χ4n) is 7.35. The van der Waals surface area contributed by atoms with E-state index >= 15 is 0 Å². The summed E-state index contributed by atoms with van der Waals surface area (Å²) in [5.41, 5.74) is 3.22. The molecular weight excluding hydrogens is 705 g/mol. The van der Waals surface area contributed by atoms with E-state index in [4.69, 9.17) is 8.85 Å². The molecule has 7 heteroatoms. The second-order valence-corrected chi connectivity index (χ2v) is 35.3. The van der Waals surface area contributed by atoms with E-state index in [2.05, 4.69) is 163 Å². The number of hydrogen-bond acceptors (Lipinski definition) is 2. The SMILES string of the molecule is CC(C)[Si](Oc1ccc(Br)[c]([Ge]([CH3])([CH3])[c]2cc(O[Si](C(C)C)(C(C)C)C(C)C)ccc2Br)c1)(C(C)C)C(C)C. The average molecular weight is 759 g/mol. The third-order valence-corrected chi connectivity index (χ3v) is 31.5. The van der Waals surface area contributed by atoms with Gasteiger partial charge in [0.25, 0.3) is 0 Å². The first-order valence-corrected chi connectivity index (χ1v) is 27.0. The first-order chi connectivity index (χ1) is 17.8. The number of rotatable bonds is 12. The van der Waals surface area contributed by atoms with Crippen LogP contribution in [0.25, 0.3) is 0 Å². The summed E-state index contributed by atoms with van der Waals surface area (Å²) in [5, 5.41) is 0. The third kappa shape index (κ3) is 6.97. The molecule has 0 N–H and O–H groups in total. The Bertz CT molecular complexity index is 984. The van der Waals surface area contributed by atoms with E-state index in [9.17, 15) is 0 Å². The number of benzene rings is 2. The Balaban J connectivity index is 2.63. The van der Waals surface area contributed by atoms with E-state index < -0.39 is 29.9 Å². The van der Waals surface area contributed by atoms with Crippen molar-refractivity contribution in [2.75, 3.05) is 0 Å². The van der Waals surface area contributed by atoms with Crippen LogP contribution in [0, 0.1) is 0 Å². The Kier molecular flexibility index (Phi) is 12.2. The van der Waals surface area contributed by atoms with Gasteiger partial charge in [-0.05, 0) is 0 Å². The molecule has 0 unspecified atom stereocenters. The molecule has 220 valence electrons. The van der Waals surface area contributed by atoms with Crippen molar-refractivity contribution in [1.82, 2.24) is 0 Å². The third-order valence-electron chi connectivity index (χ3n) is 9.23. The topological polar surface area (TPSA) is 18.5 Å². The van der Waals surface area contributed by atoms with Gasteiger partial charge in [-0.25, -0.2) is 0 Å². The Labute approximate surface area is 262 Å². The van der Waals surface area contributed by atoms with E-state index in [1.165, 1.54) is 17.7 Å². The molecule has 0 aliphatic heterocycles. The molecular formula is C32H54Br2GeO2Si2. The fraction of sp³-hybridized carbons (Fsp3) is 0.625. The van der Waals surface area contributed by atoms with Crippen LogP contribution < -0.4 is 17.6 Å². The van der Waals surface area contributed by atoms with Gasteiger partial charge in [-0.2, -0.15) is 0 Å². The summed E-state index contributed by atoms with van der Waals surface area (Å²) >= 11 is 5.09. The van der Waals surface area contributed by atoms with Gasteiger partial charge in [0.05, 0.1) is 0 Å². The van der Waals surface area contributed by atoms with Gasteiger partial charge in [-0.3, -0.25) is 0 Å². The fourth-order valence-corrected chi connectivity index (χ4v) is 29.1. The van der Waals surface area contributed by atoms with Gasteiger partial charge >= 0.3 is 264 Å². The number of hydrogen-bond donors (Lipinski definition) is 0. The molecule has 2 aromatic carbocycles. The first-order valence-electron chi connectivity index (χ1n) is 14.8. The first kappa shape index (κ1) is 35.2. The maximum absolute atomic E-state index is 7.13. The maximum atomic E-state index is 7.13. The molecule has 0 saturated heterocycles. The molecule has 0 bridgehead atoms. The van der Waals surface area contributed by atoms with Crippen LogP contribution in [-0.2, 0) is 0 Å².